The quantitative estimate of drug-likeness (QED) is 0.439. The molecule has 2 aliphatic rings. The standard InChI is InChI=1S/C10H9O4.BrH.Mg/c1-2-8-9(14-6-13-8)5-7(1)10-11-3-4-12-10;;/h2,5,10H,3-4,6H2;1H;/q-1;;+2/p-1. The average molecular weight is 297 g/mol. The molecule has 0 N–H and O–H groups in total. The number of halogens is 1. The maximum absolute atomic E-state index is 5.35. The van der Waals surface area contributed by atoms with E-state index in [0.29, 0.717) is 13.2 Å². The van der Waals surface area contributed by atoms with Crippen LogP contribution in [0.4, 0.5) is 0 Å². The summed E-state index contributed by atoms with van der Waals surface area (Å²) in [4.78, 5) is 0. The van der Waals surface area contributed by atoms with Gasteiger partial charge in [0.25, 0.3) is 0 Å². The SMILES string of the molecule is [Br-].[Mg+2].[c-]1cc2c(cc1C1OCCO1)OCO2. The molecular weight excluding hydrogens is 288 g/mol. The van der Waals surface area contributed by atoms with Gasteiger partial charge in [-0.05, 0) is 0 Å². The van der Waals surface area contributed by atoms with Crippen LogP contribution < -0.4 is 26.5 Å². The summed E-state index contributed by atoms with van der Waals surface area (Å²) in [6, 6.07) is 6.65. The normalized spacial score (nSPS) is 17.8. The summed E-state index contributed by atoms with van der Waals surface area (Å²) >= 11 is 0. The van der Waals surface area contributed by atoms with Gasteiger partial charge in [-0.2, -0.15) is 6.07 Å². The van der Waals surface area contributed by atoms with Gasteiger partial charge in [0.2, 0.25) is 6.79 Å². The van der Waals surface area contributed by atoms with Gasteiger partial charge in [-0.1, -0.05) is 0 Å². The van der Waals surface area contributed by atoms with Gasteiger partial charge in [0, 0.05) is 0 Å². The number of rotatable bonds is 1. The number of hydrogen-bond donors (Lipinski definition) is 0. The Morgan fingerprint density at radius 2 is 1.81 bits per heavy atom. The Morgan fingerprint density at radius 1 is 1.12 bits per heavy atom. The fourth-order valence-corrected chi connectivity index (χ4v) is 1.53. The second-order valence-electron chi connectivity index (χ2n) is 3.10. The number of ether oxygens (including phenoxy) is 4. The fourth-order valence-electron chi connectivity index (χ4n) is 1.53. The van der Waals surface area contributed by atoms with Gasteiger partial charge in [-0.3, -0.25) is 0 Å². The Kier molecular flexibility index (Phi) is 5.32. The molecule has 0 bridgehead atoms. The van der Waals surface area contributed by atoms with Crippen LogP contribution in [0.25, 0.3) is 0 Å². The van der Waals surface area contributed by atoms with Crippen molar-refractivity contribution >= 4 is 23.1 Å². The van der Waals surface area contributed by atoms with Crippen molar-refractivity contribution in [3.63, 3.8) is 0 Å². The molecule has 1 fully saturated rings. The first-order chi connectivity index (χ1) is 6.93. The average Bonchev–Trinajstić information content (AvgIpc) is 2.88. The Labute approximate surface area is 120 Å². The molecule has 2 aliphatic heterocycles. The summed E-state index contributed by atoms with van der Waals surface area (Å²) in [7, 11) is 0. The first kappa shape index (κ1) is 14.0. The predicted molar refractivity (Wildman–Crippen MR) is 51.8 cm³/mol. The topological polar surface area (TPSA) is 36.9 Å². The van der Waals surface area contributed by atoms with Crippen molar-refractivity contribution in [1.82, 2.24) is 0 Å². The molecule has 0 atom stereocenters. The van der Waals surface area contributed by atoms with Crippen molar-refractivity contribution in [3.8, 4) is 11.5 Å². The van der Waals surface area contributed by atoms with Crippen LogP contribution in [0.2, 0.25) is 0 Å². The van der Waals surface area contributed by atoms with E-state index in [1.807, 2.05) is 6.07 Å². The third kappa shape index (κ3) is 2.62. The van der Waals surface area contributed by atoms with E-state index >= 15 is 0 Å². The van der Waals surface area contributed by atoms with E-state index in [4.69, 9.17) is 18.9 Å². The molecule has 0 radical (unpaired) electrons. The molecule has 1 aromatic carbocycles. The molecule has 6 heteroatoms. The van der Waals surface area contributed by atoms with Crippen LogP contribution in [-0.2, 0) is 9.47 Å². The van der Waals surface area contributed by atoms with Crippen LogP contribution in [0.1, 0.15) is 11.9 Å². The van der Waals surface area contributed by atoms with Crippen LogP contribution in [0.3, 0.4) is 0 Å². The molecule has 0 aromatic heterocycles. The minimum absolute atomic E-state index is 0. The maximum Gasteiger partial charge on any atom is 2.00 e. The second kappa shape index (κ2) is 6.06. The van der Waals surface area contributed by atoms with E-state index in [1.165, 1.54) is 0 Å². The van der Waals surface area contributed by atoms with Crippen molar-refractivity contribution < 1.29 is 35.9 Å². The second-order valence-corrected chi connectivity index (χ2v) is 3.10. The van der Waals surface area contributed by atoms with Gasteiger partial charge in [-0.15, -0.1) is 17.7 Å². The smallest absolute Gasteiger partial charge is 1.00 e. The minimum atomic E-state index is -0.301. The molecule has 2 heterocycles. The molecule has 3 rings (SSSR count). The molecule has 0 unspecified atom stereocenters. The van der Waals surface area contributed by atoms with Crippen LogP contribution >= 0.6 is 0 Å². The molecule has 0 aliphatic carbocycles. The van der Waals surface area contributed by atoms with Crippen molar-refractivity contribution in [1.29, 1.82) is 0 Å². The molecule has 0 spiro atoms. The zero-order chi connectivity index (χ0) is 9.38. The number of fused-ring (bicyclic) bond motifs is 1. The Balaban J connectivity index is 0.000000640. The molecular formula is C10H9BrMgO4. The van der Waals surface area contributed by atoms with E-state index < -0.39 is 0 Å². The van der Waals surface area contributed by atoms with Crippen LogP contribution in [0.15, 0.2) is 12.1 Å². The molecule has 0 saturated carbocycles. The molecule has 1 saturated heterocycles. The van der Waals surface area contributed by atoms with Gasteiger partial charge >= 0.3 is 23.1 Å². The molecule has 16 heavy (non-hydrogen) atoms. The fraction of sp³-hybridized carbons (Fsp3) is 0.400. The number of benzene rings is 1. The maximum atomic E-state index is 5.35. The van der Waals surface area contributed by atoms with Gasteiger partial charge in [-0.25, -0.2) is 0 Å². The van der Waals surface area contributed by atoms with Crippen LogP contribution in [0, 0.1) is 6.07 Å². The third-order valence-electron chi connectivity index (χ3n) is 2.20. The molecule has 82 valence electrons. The minimum Gasteiger partial charge on any atom is -1.00 e. The molecule has 4 nitrogen and oxygen atoms in total. The summed E-state index contributed by atoms with van der Waals surface area (Å²) in [6.07, 6.45) is -0.301. The third-order valence-corrected chi connectivity index (χ3v) is 2.20. The Hall–Kier alpha value is -0.0138. The summed E-state index contributed by atoms with van der Waals surface area (Å²) in [6.45, 7) is 1.54. The molecule has 0 amide bonds. The van der Waals surface area contributed by atoms with Gasteiger partial charge in [0.1, 0.15) is 0 Å². The Morgan fingerprint density at radius 3 is 2.56 bits per heavy atom. The monoisotopic (exact) mass is 296 g/mol. The van der Waals surface area contributed by atoms with Crippen LogP contribution in [-0.4, -0.2) is 43.1 Å². The largest absolute Gasteiger partial charge is 2.00 e. The van der Waals surface area contributed by atoms with E-state index in [9.17, 15) is 0 Å². The summed E-state index contributed by atoms with van der Waals surface area (Å²) in [5, 5.41) is 0. The summed E-state index contributed by atoms with van der Waals surface area (Å²) < 4.78 is 21.1. The zero-order valence-corrected chi connectivity index (χ0v) is 11.6. The first-order valence-electron chi connectivity index (χ1n) is 4.48. The van der Waals surface area contributed by atoms with Crippen molar-refractivity contribution in [3.05, 3.63) is 23.8 Å². The Bertz CT molecular complexity index is 355. The zero-order valence-electron chi connectivity index (χ0n) is 8.57. The summed E-state index contributed by atoms with van der Waals surface area (Å²) in [5.41, 5.74) is 0.853. The summed E-state index contributed by atoms with van der Waals surface area (Å²) in [5.74, 6) is 1.46. The van der Waals surface area contributed by atoms with E-state index in [2.05, 4.69) is 6.07 Å². The van der Waals surface area contributed by atoms with Crippen LogP contribution in [0.5, 0.6) is 11.5 Å². The van der Waals surface area contributed by atoms with Gasteiger partial charge < -0.3 is 35.9 Å². The van der Waals surface area contributed by atoms with Crippen molar-refractivity contribution in [2.24, 2.45) is 0 Å². The van der Waals surface area contributed by atoms with Gasteiger partial charge in [0.15, 0.2) is 6.29 Å². The first-order valence-corrected chi connectivity index (χ1v) is 4.48. The van der Waals surface area contributed by atoms with E-state index in [-0.39, 0.29) is 53.1 Å². The van der Waals surface area contributed by atoms with E-state index in [1.54, 1.807) is 6.07 Å². The number of hydrogen-bond acceptors (Lipinski definition) is 4. The van der Waals surface area contributed by atoms with Crippen molar-refractivity contribution in [2.45, 2.75) is 6.29 Å². The predicted octanol–water partition coefficient (Wildman–Crippen LogP) is -2.12. The van der Waals surface area contributed by atoms with Crippen molar-refractivity contribution in [2.75, 3.05) is 20.0 Å². The van der Waals surface area contributed by atoms with Gasteiger partial charge in [0.05, 0.1) is 24.7 Å². The molecule has 1 aromatic rings. The van der Waals surface area contributed by atoms with E-state index in [0.717, 1.165) is 17.1 Å².